The lowest BCUT2D eigenvalue weighted by Crippen LogP contribution is -1.93. The van der Waals surface area contributed by atoms with E-state index >= 15 is 0 Å². The maximum Gasteiger partial charge on any atom is 0.136 e. The highest BCUT2D eigenvalue weighted by Gasteiger charge is 2.21. The summed E-state index contributed by atoms with van der Waals surface area (Å²) in [6.45, 7) is 0. The Labute approximate surface area is 230 Å². The molecule has 0 radical (unpaired) electrons. The van der Waals surface area contributed by atoms with E-state index in [2.05, 4.69) is 60.7 Å². The molecule has 2 aromatic heterocycles. The number of hydrogen-bond acceptors (Lipinski definition) is 3. The molecule has 0 unspecified atom stereocenters. The van der Waals surface area contributed by atoms with Crippen molar-refractivity contribution in [2.24, 2.45) is 0 Å². The van der Waals surface area contributed by atoms with Gasteiger partial charge >= 0.3 is 0 Å². The van der Waals surface area contributed by atoms with Gasteiger partial charge < -0.3 is 8.83 Å². The summed E-state index contributed by atoms with van der Waals surface area (Å²) in [5.41, 5.74) is 9.96. The third kappa shape index (κ3) is 3.30. The van der Waals surface area contributed by atoms with E-state index in [1.165, 1.54) is 0 Å². The molecule has 0 saturated carbocycles. The normalized spacial score (nSPS) is 11.5. The Balaban J connectivity index is 1.48. The van der Waals surface area contributed by atoms with E-state index < -0.39 is 0 Å². The molecule has 0 aliphatic rings. The molecule has 6 aromatic carbocycles. The van der Waals surface area contributed by atoms with Gasteiger partial charge in [0.05, 0.1) is 11.6 Å². The SMILES string of the molecule is N#Cc1cc(-c2cccc3oc4ccccc4c23)c(-c2ccccc2)cc1-c1cccc2oc3ccccc3c12. The molecule has 0 bridgehead atoms. The first-order valence-corrected chi connectivity index (χ1v) is 13.2. The van der Waals surface area contributed by atoms with E-state index in [9.17, 15) is 5.26 Å². The van der Waals surface area contributed by atoms with Crippen molar-refractivity contribution < 1.29 is 8.83 Å². The van der Waals surface area contributed by atoms with E-state index in [4.69, 9.17) is 8.83 Å². The van der Waals surface area contributed by atoms with Gasteiger partial charge in [-0.25, -0.2) is 0 Å². The second kappa shape index (κ2) is 8.73. The van der Waals surface area contributed by atoms with Crippen LogP contribution in [0.3, 0.4) is 0 Å². The predicted molar refractivity (Wildman–Crippen MR) is 162 cm³/mol. The molecular formula is C37H21NO2. The van der Waals surface area contributed by atoms with Crippen LogP contribution in [0, 0.1) is 11.3 Å². The lowest BCUT2D eigenvalue weighted by atomic mass is 9.86. The molecule has 8 aromatic rings. The first-order chi connectivity index (χ1) is 19.8. The van der Waals surface area contributed by atoms with Crippen LogP contribution in [0.5, 0.6) is 0 Å². The zero-order chi connectivity index (χ0) is 26.6. The Hall–Kier alpha value is -5.59. The fourth-order valence-electron chi connectivity index (χ4n) is 5.99. The van der Waals surface area contributed by atoms with E-state index in [0.29, 0.717) is 5.56 Å². The quantitative estimate of drug-likeness (QED) is 0.237. The number of fused-ring (bicyclic) bond motifs is 6. The average Bonchev–Trinajstić information content (AvgIpc) is 3.59. The summed E-state index contributed by atoms with van der Waals surface area (Å²) in [5.74, 6) is 0. The van der Waals surface area contributed by atoms with Gasteiger partial charge in [-0.2, -0.15) is 5.26 Å². The minimum absolute atomic E-state index is 0.609. The van der Waals surface area contributed by atoms with Crippen LogP contribution in [0.25, 0.3) is 77.3 Å². The Morgan fingerprint density at radius 3 is 1.55 bits per heavy atom. The summed E-state index contributed by atoms with van der Waals surface area (Å²) in [5, 5.41) is 14.7. The summed E-state index contributed by atoms with van der Waals surface area (Å²) in [7, 11) is 0. The summed E-state index contributed by atoms with van der Waals surface area (Å²) >= 11 is 0. The molecule has 3 heteroatoms. The van der Waals surface area contributed by atoms with Gasteiger partial charge in [0, 0.05) is 27.1 Å². The van der Waals surface area contributed by atoms with Crippen molar-refractivity contribution >= 4 is 43.9 Å². The molecule has 8 rings (SSSR count). The summed E-state index contributed by atoms with van der Waals surface area (Å²) < 4.78 is 12.4. The lowest BCUT2D eigenvalue weighted by molar-refractivity contribution is 0.668. The minimum atomic E-state index is 0.609. The fourth-order valence-corrected chi connectivity index (χ4v) is 5.99. The predicted octanol–water partition coefficient (Wildman–Crippen LogP) is 10.4. The number of benzene rings is 6. The summed E-state index contributed by atoms with van der Waals surface area (Å²) in [4.78, 5) is 0. The number of para-hydroxylation sites is 2. The highest BCUT2D eigenvalue weighted by atomic mass is 16.3. The first-order valence-electron chi connectivity index (χ1n) is 13.2. The van der Waals surface area contributed by atoms with Gasteiger partial charge in [-0.15, -0.1) is 0 Å². The van der Waals surface area contributed by atoms with Crippen molar-refractivity contribution in [1.82, 2.24) is 0 Å². The van der Waals surface area contributed by atoms with Crippen LogP contribution in [0.15, 0.2) is 136 Å². The van der Waals surface area contributed by atoms with Gasteiger partial charge in [0.15, 0.2) is 0 Å². The van der Waals surface area contributed by atoms with Crippen LogP contribution in [0.4, 0.5) is 0 Å². The van der Waals surface area contributed by atoms with Crippen molar-refractivity contribution in [1.29, 1.82) is 5.26 Å². The molecule has 0 amide bonds. The largest absolute Gasteiger partial charge is 0.456 e. The second-order valence-electron chi connectivity index (χ2n) is 9.98. The minimum Gasteiger partial charge on any atom is -0.456 e. The highest BCUT2D eigenvalue weighted by molar-refractivity contribution is 6.15. The van der Waals surface area contributed by atoms with Gasteiger partial charge in [0.1, 0.15) is 22.3 Å². The number of rotatable bonds is 3. The third-order valence-electron chi connectivity index (χ3n) is 7.75. The molecule has 0 spiro atoms. The molecule has 2 heterocycles. The number of nitriles is 1. The van der Waals surface area contributed by atoms with Crippen molar-refractivity contribution in [2.45, 2.75) is 0 Å². The van der Waals surface area contributed by atoms with Crippen LogP contribution in [-0.2, 0) is 0 Å². The second-order valence-corrected chi connectivity index (χ2v) is 9.98. The summed E-state index contributed by atoms with van der Waals surface area (Å²) in [6.07, 6.45) is 0. The van der Waals surface area contributed by atoms with Crippen LogP contribution < -0.4 is 0 Å². The van der Waals surface area contributed by atoms with E-state index in [-0.39, 0.29) is 0 Å². The first kappa shape index (κ1) is 22.4. The third-order valence-corrected chi connectivity index (χ3v) is 7.75. The maximum atomic E-state index is 10.5. The van der Waals surface area contributed by atoms with E-state index in [1.54, 1.807) is 0 Å². The topological polar surface area (TPSA) is 50.1 Å². The molecule has 0 aliphatic carbocycles. The molecule has 0 fully saturated rings. The van der Waals surface area contributed by atoms with Crippen LogP contribution in [0.1, 0.15) is 5.56 Å². The lowest BCUT2D eigenvalue weighted by Gasteiger charge is -2.16. The van der Waals surface area contributed by atoms with E-state index in [1.807, 2.05) is 72.8 Å². The molecule has 3 nitrogen and oxygen atoms in total. The molecule has 0 saturated heterocycles. The molecule has 40 heavy (non-hydrogen) atoms. The molecular weight excluding hydrogens is 490 g/mol. The van der Waals surface area contributed by atoms with Gasteiger partial charge in [-0.3, -0.25) is 0 Å². The van der Waals surface area contributed by atoms with Gasteiger partial charge in [0.2, 0.25) is 0 Å². The average molecular weight is 512 g/mol. The molecule has 0 atom stereocenters. The van der Waals surface area contributed by atoms with Crippen molar-refractivity contribution in [2.75, 3.05) is 0 Å². The van der Waals surface area contributed by atoms with Gasteiger partial charge in [-0.05, 0) is 64.2 Å². The van der Waals surface area contributed by atoms with Gasteiger partial charge in [-0.1, -0.05) is 91.0 Å². The molecule has 186 valence electrons. The zero-order valence-electron chi connectivity index (χ0n) is 21.4. The summed E-state index contributed by atoms with van der Waals surface area (Å²) in [6, 6.07) is 45.5. The van der Waals surface area contributed by atoms with Gasteiger partial charge in [0.25, 0.3) is 0 Å². The smallest absolute Gasteiger partial charge is 0.136 e. The Morgan fingerprint density at radius 1 is 0.425 bits per heavy atom. The number of furan rings is 2. The monoisotopic (exact) mass is 511 g/mol. The standard InChI is InChI=1S/C37H21NO2/c38-22-24-20-31(26-15-9-19-35-37(26)28-13-5-7-17-33(28)40-35)29(23-10-2-1-3-11-23)21-30(24)25-14-8-18-34-36(25)27-12-4-6-16-32(27)39-34/h1-21H. The fraction of sp³-hybridized carbons (Fsp3) is 0. The van der Waals surface area contributed by atoms with Crippen LogP contribution >= 0.6 is 0 Å². The van der Waals surface area contributed by atoms with E-state index in [0.717, 1.165) is 77.3 Å². The van der Waals surface area contributed by atoms with Crippen LogP contribution in [0.2, 0.25) is 0 Å². The van der Waals surface area contributed by atoms with Crippen molar-refractivity contribution in [3.8, 4) is 39.4 Å². The van der Waals surface area contributed by atoms with Crippen molar-refractivity contribution in [3.63, 3.8) is 0 Å². The number of hydrogen-bond donors (Lipinski definition) is 0. The number of nitrogens with zero attached hydrogens (tertiary/aromatic N) is 1. The van der Waals surface area contributed by atoms with Crippen LogP contribution in [-0.4, -0.2) is 0 Å². The molecule has 0 N–H and O–H groups in total. The van der Waals surface area contributed by atoms with Crippen molar-refractivity contribution in [3.05, 3.63) is 133 Å². The zero-order valence-corrected chi connectivity index (χ0v) is 21.4. The highest BCUT2D eigenvalue weighted by Crippen LogP contribution is 2.45. The molecule has 0 aliphatic heterocycles. The maximum absolute atomic E-state index is 10.5. The Morgan fingerprint density at radius 2 is 0.950 bits per heavy atom. The Bertz CT molecular complexity index is 2280. The Kier molecular flexibility index (Phi) is 4.89.